The first-order valence-corrected chi connectivity index (χ1v) is 6.39. The van der Waals surface area contributed by atoms with Gasteiger partial charge in [0, 0.05) is 24.0 Å². The molecular formula is C12H14BrNO. The van der Waals surface area contributed by atoms with Crippen LogP contribution in [0.4, 0.5) is 5.69 Å². The molecule has 0 aromatic heterocycles. The Balaban J connectivity index is 2.38. The number of carbonyl (C=O) groups is 1. The molecule has 0 saturated heterocycles. The Hall–Kier alpha value is -0.830. The predicted molar refractivity (Wildman–Crippen MR) is 65.5 cm³/mol. The lowest BCUT2D eigenvalue weighted by atomic mass is 10.1. The van der Waals surface area contributed by atoms with Gasteiger partial charge < -0.3 is 4.90 Å². The molecule has 2 rings (SSSR count). The molecule has 15 heavy (non-hydrogen) atoms. The van der Waals surface area contributed by atoms with Gasteiger partial charge in [0.2, 0.25) is 5.91 Å². The summed E-state index contributed by atoms with van der Waals surface area (Å²) in [6.45, 7) is 0.760. The molecule has 1 heterocycles. The number of fused-ring (bicyclic) bond motifs is 1. The standard InChI is InChI=1S/C12H14BrNO/c13-8-9-14-11-6-2-1-4-10(11)5-3-7-12(14)15/h1-2,4,6H,3,5,7-9H2. The van der Waals surface area contributed by atoms with Gasteiger partial charge in [-0.1, -0.05) is 34.1 Å². The summed E-state index contributed by atoms with van der Waals surface area (Å²) in [7, 11) is 0. The molecule has 0 fully saturated rings. The highest BCUT2D eigenvalue weighted by molar-refractivity contribution is 9.09. The monoisotopic (exact) mass is 267 g/mol. The summed E-state index contributed by atoms with van der Waals surface area (Å²) in [5, 5.41) is 0.826. The van der Waals surface area contributed by atoms with Crippen LogP contribution >= 0.6 is 15.9 Å². The van der Waals surface area contributed by atoms with Crippen molar-refractivity contribution in [1.82, 2.24) is 0 Å². The van der Waals surface area contributed by atoms with E-state index in [1.54, 1.807) is 0 Å². The van der Waals surface area contributed by atoms with Gasteiger partial charge in [0.15, 0.2) is 0 Å². The van der Waals surface area contributed by atoms with Crippen LogP contribution in [-0.4, -0.2) is 17.8 Å². The number of aryl methyl sites for hydroxylation is 1. The fourth-order valence-corrected chi connectivity index (χ4v) is 2.37. The van der Waals surface area contributed by atoms with E-state index < -0.39 is 0 Å². The smallest absolute Gasteiger partial charge is 0.227 e. The maximum Gasteiger partial charge on any atom is 0.227 e. The summed E-state index contributed by atoms with van der Waals surface area (Å²) < 4.78 is 0. The van der Waals surface area contributed by atoms with Crippen LogP contribution in [0.1, 0.15) is 18.4 Å². The summed E-state index contributed by atoms with van der Waals surface area (Å²) in [5.41, 5.74) is 2.39. The van der Waals surface area contributed by atoms with E-state index in [0.717, 1.165) is 30.4 Å². The second-order valence-corrected chi connectivity index (χ2v) is 4.51. The van der Waals surface area contributed by atoms with Crippen LogP contribution in [-0.2, 0) is 11.2 Å². The highest BCUT2D eigenvalue weighted by Crippen LogP contribution is 2.26. The zero-order chi connectivity index (χ0) is 10.7. The number of anilines is 1. The summed E-state index contributed by atoms with van der Waals surface area (Å²) >= 11 is 3.40. The highest BCUT2D eigenvalue weighted by atomic mass is 79.9. The molecule has 1 aliphatic heterocycles. The van der Waals surface area contributed by atoms with Crippen molar-refractivity contribution in [2.45, 2.75) is 19.3 Å². The van der Waals surface area contributed by atoms with Crippen molar-refractivity contribution in [3.05, 3.63) is 29.8 Å². The summed E-state index contributed by atoms with van der Waals surface area (Å²) in [4.78, 5) is 13.8. The highest BCUT2D eigenvalue weighted by Gasteiger charge is 2.20. The second-order valence-electron chi connectivity index (χ2n) is 3.72. The van der Waals surface area contributed by atoms with Crippen molar-refractivity contribution in [2.24, 2.45) is 0 Å². The Morgan fingerprint density at radius 1 is 1.27 bits per heavy atom. The SMILES string of the molecule is O=C1CCCc2ccccc2N1CCBr. The Labute approximate surface area is 98.4 Å². The molecule has 0 unspecified atom stereocenters. The van der Waals surface area contributed by atoms with E-state index in [4.69, 9.17) is 0 Å². The van der Waals surface area contributed by atoms with E-state index in [-0.39, 0.29) is 5.91 Å². The fraction of sp³-hybridized carbons (Fsp3) is 0.417. The topological polar surface area (TPSA) is 20.3 Å². The van der Waals surface area contributed by atoms with E-state index in [2.05, 4.69) is 22.0 Å². The van der Waals surface area contributed by atoms with E-state index >= 15 is 0 Å². The van der Waals surface area contributed by atoms with Crippen molar-refractivity contribution in [3.8, 4) is 0 Å². The molecule has 1 aliphatic rings. The molecule has 0 saturated carbocycles. The van der Waals surface area contributed by atoms with E-state index in [0.29, 0.717) is 6.42 Å². The fourth-order valence-electron chi connectivity index (χ4n) is 2.01. The van der Waals surface area contributed by atoms with Gasteiger partial charge in [-0.3, -0.25) is 4.79 Å². The number of carbonyl (C=O) groups excluding carboxylic acids is 1. The lowest BCUT2D eigenvalue weighted by molar-refractivity contribution is -0.118. The molecule has 1 amide bonds. The molecule has 1 aromatic carbocycles. The number of hydrogen-bond acceptors (Lipinski definition) is 1. The minimum absolute atomic E-state index is 0.249. The van der Waals surface area contributed by atoms with Crippen molar-refractivity contribution < 1.29 is 4.79 Å². The summed E-state index contributed by atoms with van der Waals surface area (Å²) in [5.74, 6) is 0.249. The number of alkyl halides is 1. The first-order chi connectivity index (χ1) is 7.33. The van der Waals surface area contributed by atoms with E-state index in [1.807, 2.05) is 23.1 Å². The number of hydrogen-bond donors (Lipinski definition) is 0. The summed E-state index contributed by atoms with van der Waals surface area (Å²) in [6.07, 6.45) is 2.65. The van der Waals surface area contributed by atoms with Crippen LogP contribution in [0.2, 0.25) is 0 Å². The molecule has 80 valence electrons. The molecule has 3 heteroatoms. The van der Waals surface area contributed by atoms with Crippen LogP contribution < -0.4 is 4.90 Å². The van der Waals surface area contributed by atoms with Gasteiger partial charge in [0.05, 0.1) is 0 Å². The van der Waals surface area contributed by atoms with Crippen LogP contribution in [0.3, 0.4) is 0 Å². The maximum atomic E-state index is 11.9. The molecule has 0 aliphatic carbocycles. The van der Waals surface area contributed by atoms with Crippen molar-refractivity contribution in [3.63, 3.8) is 0 Å². The third kappa shape index (κ3) is 2.23. The van der Waals surface area contributed by atoms with Crippen LogP contribution in [0.25, 0.3) is 0 Å². The molecule has 0 bridgehead atoms. The number of nitrogens with zero attached hydrogens (tertiary/aromatic N) is 1. The lowest BCUT2D eigenvalue weighted by Crippen LogP contribution is -2.31. The predicted octanol–water partition coefficient (Wildman–Crippen LogP) is 2.75. The average Bonchev–Trinajstić information content (AvgIpc) is 2.40. The Bertz CT molecular complexity index is 364. The number of amides is 1. The number of para-hydroxylation sites is 1. The molecule has 0 spiro atoms. The van der Waals surface area contributed by atoms with Crippen LogP contribution in [0, 0.1) is 0 Å². The summed E-state index contributed by atoms with van der Waals surface area (Å²) in [6, 6.07) is 8.20. The quantitative estimate of drug-likeness (QED) is 0.755. The zero-order valence-electron chi connectivity index (χ0n) is 8.58. The average molecular weight is 268 g/mol. The van der Waals surface area contributed by atoms with Gasteiger partial charge in [0.25, 0.3) is 0 Å². The van der Waals surface area contributed by atoms with Crippen molar-refractivity contribution >= 4 is 27.5 Å². The van der Waals surface area contributed by atoms with Gasteiger partial charge in [-0.25, -0.2) is 0 Å². The molecule has 0 radical (unpaired) electrons. The minimum Gasteiger partial charge on any atom is -0.311 e. The molecular weight excluding hydrogens is 254 g/mol. The number of rotatable bonds is 2. The van der Waals surface area contributed by atoms with Gasteiger partial charge in [0.1, 0.15) is 0 Å². The van der Waals surface area contributed by atoms with Gasteiger partial charge in [-0.2, -0.15) is 0 Å². The molecule has 0 N–H and O–H groups in total. The molecule has 1 aromatic rings. The first kappa shape index (κ1) is 10.7. The normalized spacial score (nSPS) is 16.1. The third-order valence-electron chi connectivity index (χ3n) is 2.73. The molecule has 2 nitrogen and oxygen atoms in total. The van der Waals surface area contributed by atoms with Crippen LogP contribution in [0.15, 0.2) is 24.3 Å². The lowest BCUT2D eigenvalue weighted by Gasteiger charge is -2.21. The minimum atomic E-state index is 0.249. The Morgan fingerprint density at radius 3 is 2.87 bits per heavy atom. The third-order valence-corrected chi connectivity index (χ3v) is 3.08. The van der Waals surface area contributed by atoms with E-state index in [9.17, 15) is 4.79 Å². The Kier molecular flexibility index (Phi) is 3.41. The zero-order valence-corrected chi connectivity index (χ0v) is 10.2. The number of benzene rings is 1. The van der Waals surface area contributed by atoms with Crippen LogP contribution in [0.5, 0.6) is 0 Å². The molecule has 0 atom stereocenters. The van der Waals surface area contributed by atoms with Crippen molar-refractivity contribution in [2.75, 3.05) is 16.8 Å². The van der Waals surface area contributed by atoms with Crippen molar-refractivity contribution in [1.29, 1.82) is 0 Å². The van der Waals surface area contributed by atoms with Gasteiger partial charge >= 0.3 is 0 Å². The van der Waals surface area contributed by atoms with Gasteiger partial charge in [-0.15, -0.1) is 0 Å². The van der Waals surface area contributed by atoms with E-state index in [1.165, 1.54) is 5.56 Å². The van der Waals surface area contributed by atoms with Gasteiger partial charge in [-0.05, 0) is 24.5 Å². The Morgan fingerprint density at radius 2 is 2.07 bits per heavy atom. The largest absolute Gasteiger partial charge is 0.311 e. The maximum absolute atomic E-state index is 11.9. The second kappa shape index (κ2) is 4.79. The number of halogens is 1. The first-order valence-electron chi connectivity index (χ1n) is 5.27.